The van der Waals surface area contributed by atoms with Gasteiger partial charge in [0.05, 0.1) is 16.7 Å². The number of para-hydroxylation sites is 2. The molecule has 0 bridgehead atoms. The molecule has 0 amide bonds. The number of nitrogens with zero attached hydrogens (tertiary/aromatic N) is 2. The van der Waals surface area contributed by atoms with Gasteiger partial charge in [0.1, 0.15) is 0 Å². The Bertz CT molecular complexity index is 3820. The van der Waals surface area contributed by atoms with Crippen molar-refractivity contribution in [2.45, 2.75) is 57.8 Å². The first kappa shape index (κ1) is 36.9. The van der Waals surface area contributed by atoms with Gasteiger partial charge in [-0.1, -0.05) is 193 Å². The molecule has 15 rings (SSSR count). The van der Waals surface area contributed by atoms with Gasteiger partial charge in [-0.2, -0.15) is 0 Å². The Hall–Kier alpha value is -7.36. The monoisotopic (exact) mass is 842 g/mol. The van der Waals surface area contributed by atoms with Crippen molar-refractivity contribution in [1.82, 2.24) is 4.57 Å². The van der Waals surface area contributed by atoms with Crippen LogP contribution in [0.4, 0.5) is 17.1 Å². The maximum Gasteiger partial charge on any atom is 0.248 e. The van der Waals surface area contributed by atoms with Crippen molar-refractivity contribution < 1.29 is 0 Å². The van der Waals surface area contributed by atoms with Crippen LogP contribution in [0.3, 0.4) is 0 Å². The molecule has 0 spiro atoms. The smallest absolute Gasteiger partial charge is 0.248 e. The molecule has 3 heteroatoms. The molecule has 9 aromatic carbocycles. The molecular weight excluding hydrogens is 796 g/mol. The predicted octanol–water partition coefficient (Wildman–Crippen LogP) is 14.0. The van der Waals surface area contributed by atoms with E-state index in [0.29, 0.717) is 0 Å². The second-order valence-electron chi connectivity index (χ2n) is 21.2. The summed E-state index contributed by atoms with van der Waals surface area (Å²) in [6.07, 6.45) is 0. The molecule has 2 aliphatic heterocycles. The third-order valence-electron chi connectivity index (χ3n) is 17.0. The summed E-state index contributed by atoms with van der Waals surface area (Å²) in [6.45, 7) is 14.6. The summed E-state index contributed by atoms with van der Waals surface area (Å²) in [6, 6.07) is 67.8. The van der Waals surface area contributed by atoms with E-state index in [4.69, 9.17) is 0 Å². The summed E-state index contributed by atoms with van der Waals surface area (Å²) in [5, 5.41) is 2.55. The van der Waals surface area contributed by atoms with Gasteiger partial charge in [-0.15, -0.1) is 0 Å². The minimum atomic E-state index is -0.167. The lowest BCUT2D eigenvalue weighted by molar-refractivity contribution is 0.660. The quantitative estimate of drug-likeness (QED) is 0.157. The third-order valence-corrected chi connectivity index (χ3v) is 17.0. The molecule has 1 aromatic heterocycles. The number of hydrogen-bond acceptors (Lipinski definition) is 1. The van der Waals surface area contributed by atoms with Crippen molar-refractivity contribution in [3.63, 3.8) is 0 Å². The molecule has 66 heavy (non-hydrogen) atoms. The zero-order valence-corrected chi connectivity index (χ0v) is 38.2. The standard InChI is InChI=1S/C63H47BN2/c1-61(2)43-23-12-7-20-39(43)55-46(61)26-17-29-53(55)66-54-35-36(65-51-27-15-10-18-37(51)38-19-11-16-28-52(38)65)34-42-58-49(32-30-47-56(58)40-21-8-13-24-44(40)62(47,3)4)64(59(42)54)50-33-31-48-57(60(50)66)41-22-9-14-25-45(41)63(48,5)6/h7-35H,1-6H3. The van der Waals surface area contributed by atoms with Gasteiger partial charge in [0, 0.05) is 55.2 Å². The molecule has 3 heterocycles. The molecule has 0 N–H and O–H groups in total. The van der Waals surface area contributed by atoms with E-state index < -0.39 is 0 Å². The van der Waals surface area contributed by atoms with E-state index in [0.717, 1.165) is 0 Å². The molecule has 5 aliphatic rings. The van der Waals surface area contributed by atoms with Crippen molar-refractivity contribution in [2.75, 3.05) is 4.90 Å². The Labute approximate surface area is 386 Å². The lowest BCUT2D eigenvalue weighted by atomic mass is 9.36. The van der Waals surface area contributed by atoms with E-state index in [1.165, 1.54) is 139 Å². The highest BCUT2D eigenvalue weighted by Gasteiger charge is 2.50. The van der Waals surface area contributed by atoms with Gasteiger partial charge < -0.3 is 9.47 Å². The molecule has 0 saturated heterocycles. The van der Waals surface area contributed by atoms with Crippen LogP contribution in [-0.4, -0.2) is 11.3 Å². The lowest BCUT2D eigenvalue weighted by Crippen LogP contribution is -2.55. The van der Waals surface area contributed by atoms with Gasteiger partial charge in [0.15, 0.2) is 0 Å². The SMILES string of the molecule is CC1(C)c2ccccc2-c2c(N3c4cc(-n5c6ccccc6c6ccccc65)cc5c4B(c4ccc6c(c4-5)-c4ccccc4C6(C)C)c4ccc5c(c43)-c3ccccc3C5(C)C)cccc21. The van der Waals surface area contributed by atoms with Crippen LogP contribution in [0, 0.1) is 0 Å². The van der Waals surface area contributed by atoms with Crippen molar-refractivity contribution in [3.8, 4) is 50.2 Å². The summed E-state index contributed by atoms with van der Waals surface area (Å²) in [4.78, 5) is 2.75. The maximum absolute atomic E-state index is 2.75. The molecule has 0 atom stereocenters. The highest BCUT2D eigenvalue weighted by molar-refractivity contribution is 7.01. The summed E-state index contributed by atoms with van der Waals surface area (Å²) in [5.41, 5.74) is 30.5. The third kappa shape index (κ3) is 4.23. The zero-order chi connectivity index (χ0) is 44.2. The summed E-state index contributed by atoms with van der Waals surface area (Å²) < 4.78 is 2.55. The Morgan fingerprint density at radius 1 is 0.364 bits per heavy atom. The van der Waals surface area contributed by atoms with Crippen LogP contribution in [-0.2, 0) is 16.2 Å². The number of anilines is 3. The fourth-order valence-electron chi connectivity index (χ4n) is 14.0. The first-order chi connectivity index (χ1) is 32.1. The molecule has 0 saturated carbocycles. The van der Waals surface area contributed by atoms with Gasteiger partial charge in [-0.05, 0) is 108 Å². The molecule has 312 valence electrons. The molecule has 10 aromatic rings. The molecule has 2 nitrogen and oxygen atoms in total. The van der Waals surface area contributed by atoms with Crippen molar-refractivity contribution in [1.29, 1.82) is 0 Å². The number of rotatable bonds is 2. The van der Waals surface area contributed by atoms with E-state index >= 15 is 0 Å². The molecule has 0 radical (unpaired) electrons. The summed E-state index contributed by atoms with van der Waals surface area (Å²) in [7, 11) is 0. The Kier molecular flexibility index (Phi) is 6.77. The first-order valence-corrected chi connectivity index (χ1v) is 23.8. The Balaban J connectivity index is 1.15. The predicted molar refractivity (Wildman–Crippen MR) is 278 cm³/mol. The Morgan fingerprint density at radius 2 is 0.848 bits per heavy atom. The highest BCUT2D eigenvalue weighted by atomic mass is 15.2. The molecule has 0 unspecified atom stereocenters. The minimum absolute atomic E-state index is 0.0475. The van der Waals surface area contributed by atoms with Crippen LogP contribution >= 0.6 is 0 Å². The maximum atomic E-state index is 2.75. The largest absolute Gasteiger partial charge is 0.310 e. The second kappa shape index (κ2) is 12.1. The second-order valence-corrected chi connectivity index (χ2v) is 21.2. The van der Waals surface area contributed by atoms with Crippen LogP contribution in [0.5, 0.6) is 0 Å². The topological polar surface area (TPSA) is 8.17 Å². The molecule has 0 fully saturated rings. The minimum Gasteiger partial charge on any atom is -0.310 e. The first-order valence-electron chi connectivity index (χ1n) is 23.8. The van der Waals surface area contributed by atoms with Crippen molar-refractivity contribution in [3.05, 3.63) is 209 Å². The molecular formula is C63H47BN2. The van der Waals surface area contributed by atoms with E-state index in [-0.39, 0.29) is 23.0 Å². The van der Waals surface area contributed by atoms with Gasteiger partial charge in [-0.25, -0.2) is 0 Å². The lowest BCUT2D eigenvalue weighted by Gasteiger charge is -2.39. The van der Waals surface area contributed by atoms with Crippen molar-refractivity contribution in [2.24, 2.45) is 0 Å². The van der Waals surface area contributed by atoms with E-state index in [2.05, 4.69) is 227 Å². The van der Waals surface area contributed by atoms with E-state index in [1.54, 1.807) is 0 Å². The summed E-state index contributed by atoms with van der Waals surface area (Å²) in [5.74, 6) is 0. The fourth-order valence-corrected chi connectivity index (χ4v) is 14.0. The molecule has 3 aliphatic carbocycles. The van der Waals surface area contributed by atoms with Crippen molar-refractivity contribution >= 4 is 62.0 Å². The van der Waals surface area contributed by atoms with E-state index in [9.17, 15) is 0 Å². The van der Waals surface area contributed by atoms with Gasteiger partial charge >= 0.3 is 0 Å². The summed E-state index contributed by atoms with van der Waals surface area (Å²) >= 11 is 0. The van der Waals surface area contributed by atoms with Gasteiger partial charge in [0.2, 0.25) is 6.71 Å². The number of fused-ring (bicyclic) bond motifs is 19. The fraction of sp³-hybridized carbons (Fsp3) is 0.143. The van der Waals surface area contributed by atoms with Crippen LogP contribution in [0.2, 0.25) is 0 Å². The van der Waals surface area contributed by atoms with Crippen LogP contribution in [0.1, 0.15) is 74.9 Å². The van der Waals surface area contributed by atoms with Crippen LogP contribution in [0.25, 0.3) is 72.0 Å². The normalized spacial score (nSPS) is 16.3. The van der Waals surface area contributed by atoms with Crippen LogP contribution < -0.4 is 21.3 Å². The zero-order valence-electron chi connectivity index (χ0n) is 38.2. The highest BCUT2D eigenvalue weighted by Crippen LogP contribution is 2.60. The van der Waals surface area contributed by atoms with Gasteiger partial charge in [0.25, 0.3) is 0 Å². The Morgan fingerprint density at radius 3 is 1.47 bits per heavy atom. The number of benzene rings is 9. The number of aromatic nitrogens is 1. The number of hydrogen-bond donors (Lipinski definition) is 0. The van der Waals surface area contributed by atoms with E-state index in [1.807, 2.05) is 0 Å². The van der Waals surface area contributed by atoms with Gasteiger partial charge in [-0.3, -0.25) is 0 Å². The van der Waals surface area contributed by atoms with Crippen LogP contribution in [0.15, 0.2) is 176 Å². The average molecular weight is 843 g/mol. The average Bonchev–Trinajstić information content (AvgIpc) is 4.06.